The normalized spacial score (nSPS) is 17.8. The largest absolute Gasteiger partial charge is 0.452 e. The lowest BCUT2D eigenvalue weighted by molar-refractivity contribution is 0.0779. The highest BCUT2D eigenvalue weighted by Gasteiger charge is 2.31. The van der Waals surface area contributed by atoms with Crippen LogP contribution in [0.25, 0.3) is 0 Å². The second-order valence-corrected chi connectivity index (χ2v) is 10.8. The zero-order valence-electron chi connectivity index (χ0n) is 17.9. The summed E-state index contributed by atoms with van der Waals surface area (Å²) in [7, 11) is -3.79. The molecule has 1 saturated carbocycles. The van der Waals surface area contributed by atoms with Crippen LogP contribution in [-0.4, -0.2) is 15.3 Å². The summed E-state index contributed by atoms with van der Waals surface area (Å²) in [6.07, 6.45) is 6.20. The molecule has 0 aliphatic heterocycles. The van der Waals surface area contributed by atoms with Gasteiger partial charge in [0.2, 0.25) is 5.09 Å². The summed E-state index contributed by atoms with van der Waals surface area (Å²) in [5.41, 5.74) is 2.48. The average molecular weight is 450 g/mol. The molecule has 4 rings (SSSR count). The Morgan fingerprint density at radius 3 is 2.65 bits per heavy atom. The molecule has 1 atom stereocenters. The molecule has 1 unspecified atom stereocenters. The number of anilines is 1. The topological polar surface area (TPSA) is 115 Å². The van der Waals surface area contributed by atoms with Crippen molar-refractivity contribution in [2.45, 2.75) is 70.0 Å². The Hall–Kier alpha value is -2.39. The van der Waals surface area contributed by atoms with E-state index < -0.39 is 21.5 Å². The van der Waals surface area contributed by atoms with Crippen molar-refractivity contribution in [3.05, 3.63) is 46.0 Å². The standard InChI is InChI=1S/C22H28FN3O4S/c1-12-17(9-13-7-8-13)20(16-6-4-5-15(16)19(12)23)25-21(27)26-31(24,29)18-10-14(11-30-18)22(2,3)28/h10-11,13,28H,4-9H2,1-3H3,(H3,24,25,26,27,29). The number of urea groups is 1. The maximum atomic E-state index is 14.9. The van der Waals surface area contributed by atoms with Gasteiger partial charge in [-0.05, 0) is 87.5 Å². The third-order valence-electron chi connectivity index (χ3n) is 6.10. The molecule has 0 saturated heterocycles. The van der Waals surface area contributed by atoms with Gasteiger partial charge in [0.1, 0.15) is 5.82 Å². The molecule has 168 valence electrons. The van der Waals surface area contributed by atoms with Gasteiger partial charge < -0.3 is 14.8 Å². The number of carbonyl (C=O) groups excluding carboxylic acids is 1. The minimum Gasteiger partial charge on any atom is -0.452 e. The van der Waals surface area contributed by atoms with Gasteiger partial charge >= 0.3 is 6.03 Å². The third-order valence-corrected chi connectivity index (χ3v) is 7.35. The lowest BCUT2D eigenvalue weighted by Crippen LogP contribution is -2.34. The maximum Gasteiger partial charge on any atom is 0.332 e. The Labute approximate surface area is 181 Å². The van der Waals surface area contributed by atoms with Crippen molar-refractivity contribution in [1.82, 2.24) is 4.72 Å². The number of hydrogen-bond donors (Lipinski definition) is 4. The first kappa shape index (κ1) is 21.8. The number of rotatable bonds is 6. The summed E-state index contributed by atoms with van der Waals surface area (Å²) in [5.74, 6) is 0.304. The molecule has 9 heteroatoms. The lowest BCUT2D eigenvalue weighted by atomic mass is 9.93. The van der Waals surface area contributed by atoms with E-state index in [9.17, 15) is 18.5 Å². The molecule has 0 spiro atoms. The van der Waals surface area contributed by atoms with Gasteiger partial charge in [-0.3, -0.25) is 0 Å². The number of amides is 2. The molecule has 0 bridgehead atoms. The van der Waals surface area contributed by atoms with Gasteiger partial charge in [-0.2, -0.15) is 0 Å². The van der Waals surface area contributed by atoms with Crippen molar-refractivity contribution in [3.63, 3.8) is 0 Å². The smallest absolute Gasteiger partial charge is 0.332 e. The van der Waals surface area contributed by atoms with E-state index in [2.05, 4.69) is 10.0 Å². The van der Waals surface area contributed by atoms with Crippen molar-refractivity contribution in [2.75, 3.05) is 5.32 Å². The summed E-state index contributed by atoms with van der Waals surface area (Å²) < 4.78 is 43.2. The second kappa shape index (κ2) is 7.63. The van der Waals surface area contributed by atoms with Crippen LogP contribution in [-0.2, 0) is 34.8 Å². The quantitative estimate of drug-likeness (QED) is 0.518. The molecule has 2 aromatic rings. The van der Waals surface area contributed by atoms with Crippen LogP contribution in [0.4, 0.5) is 14.9 Å². The second-order valence-electron chi connectivity index (χ2n) is 9.08. The van der Waals surface area contributed by atoms with Gasteiger partial charge in [-0.1, -0.05) is 0 Å². The van der Waals surface area contributed by atoms with E-state index in [1.807, 2.05) is 0 Å². The van der Waals surface area contributed by atoms with Gasteiger partial charge in [0.25, 0.3) is 0 Å². The van der Waals surface area contributed by atoms with Crippen LogP contribution in [0, 0.1) is 23.4 Å². The van der Waals surface area contributed by atoms with Crippen molar-refractivity contribution in [3.8, 4) is 0 Å². The monoisotopic (exact) mass is 449 g/mol. The van der Waals surface area contributed by atoms with E-state index in [0.717, 1.165) is 30.4 Å². The Kier molecular flexibility index (Phi) is 5.37. The number of fused-ring (bicyclic) bond motifs is 1. The fourth-order valence-corrected chi connectivity index (χ4v) is 5.00. The molecule has 0 radical (unpaired) electrons. The molecule has 1 heterocycles. The number of benzene rings is 1. The molecule has 1 fully saturated rings. The van der Waals surface area contributed by atoms with Crippen molar-refractivity contribution in [1.29, 1.82) is 4.78 Å². The Bertz CT molecular complexity index is 1140. The van der Waals surface area contributed by atoms with E-state index in [1.54, 1.807) is 6.92 Å². The summed E-state index contributed by atoms with van der Waals surface area (Å²) in [6, 6.07) is 0.492. The van der Waals surface area contributed by atoms with Gasteiger partial charge in [0.05, 0.1) is 11.9 Å². The van der Waals surface area contributed by atoms with Crippen molar-refractivity contribution >= 4 is 21.6 Å². The molecule has 1 aromatic heterocycles. The van der Waals surface area contributed by atoms with Crippen LogP contribution in [0.1, 0.15) is 60.9 Å². The molecule has 4 N–H and O–H groups in total. The first-order valence-corrected chi connectivity index (χ1v) is 12.0. The minimum atomic E-state index is -3.79. The van der Waals surface area contributed by atoms with E-state index in [-0.39, 0.29) is 10.9 Å². The number of furan rings is 1. The molecular weight excluding hydrogens is 421 g/mol. The Balaban J connectivity index is 1.61. The Morgan fingerprint density at radius 2 is 2.03 bits per heavy atom. The predicted octanol–water partition coefficient (Wildman–Crippen LogP) is 4.54. The lowest BCUT2D eigenvalue weighted by Gasteiger charge is -2.20. The van der Waals surface area contributed by atoms with Crippen LogP contribution in [0.15, 0.2) is 21.8 Å². The number of nitrogens with one attached hydrogen (secondary N) is 3. The van der Waals surface area contributed by atoms with Crippen molar-refractivity contribution in [2.24, 2.45) is 5.92 Å². The van der Waals surface area contributed by atoms with E-state index in [0.29, 0.717) is 47.6 Å². The van der Waals surface area contributed by atoms with Gasteiger partial charge in [0.15, 0.2) is 9.92 Å². The average Bonchev–Trinajstić information content (AvgIpc) is 3.15. The van der Waals surface area contributed by atoms with E-state index >= 15 is 0 Å². The molecule has 31 heavy (non-hydrogen) atoms. The predicted molar refractivity (Wildman–Crippen MR) is 115 cm³/mol. The third kappa shape index (κ3) is 4.34. The van der Waals surface area contributed by atoms with Crippen LogP contribution < -0.4 is 10.0 Å². The van der Waals surface area contributed by atoms with E-state index in [1.165, 1.54) is 26.2 Å². The summed E-state index contributed by atoms with van der Waals surface area (Å²) in [6.45, 7) is 4.81. The highest BCUT2D eigenvalue weighted by atomic mass is 32.2. The van der Waals surface area contributed by atoms with Gasteiger partial charge in [-0.15, -0.1) is 0 Å². The fraction of sp³-hybridized carbons (Fsp3) is 0.500. The summed E-state index contributed by atoms with van der Waals surface area (Å²) in [4.78, 5) is 12.7. The van der Waals surface area contributed by atoms with Crippen LogP contribution in [0.5, 0.6) is 0 Å². The fourth-order valence-electron chi connectivity index (χ4n) is 4.11. The Morgan fingerprint density at radius 1 is 1.35 bits per heavy atom. The minimum absolute atomic E-state index is 0.187. The van der Waals surface area contributed by atoms with Gasteiger partial charge in [0, 0.05) is 17.3 Å². The number of carbonyl (C=O) groups is 1. The van der Waals surface area contributed by atoms with Gasteiger partial charge in [-0.25, -0.2) is 22.9 Å². The zero-order chi connectivity index (χ0) is 22.6. The highest BCUT2D eigenvalue weighted by Crippen LogP contribution is 2.41. The molecule has 7 nitrogen and oxygen atoms in total. The number of halogens is 1. The summed E-state index contributed by atoms with van der Waals surface area (Å²) in [5, 5.41) is 12.6. The number of aliphatic hydroxyl groups is 1. The SMILES string of the molecule is Cc1c(F)c2c(c(NC(=O)NS(=N)(=O)c3cc(C(C)(C)O)co3)c1CC1CC1)CCC2. The maximum absolute atomic E-state index is 14.9. The molecule has 2 aliphatic rings. The van der Waals surface area contributed by atoms with Crippen LogP contribution >= 0.6 is 0 Å². The zero-order valence-corrected chi connectivity index (χ0v) is 18.7. The molecule has 1 aromatic carbocycles. The molecule has 2 aliphatic carbocycles. The van der Waals surface area contributed by atoms with Crippen LogP contribution in [0.2, 0.25) is 0 Å². The number of hydrogen-bond acceptors (Lipinski definition) is 5. The van der Waals surface area contributed by atoms with Crippen molar-refractivity contribution < 1.29 is 22.9 Å². The van der Waals surface area contributed by atoms with E-state index in [4.69, 9.17) is 9.20 Å². The first-order chi connectivity index (χ1) is 14.5. The first-order valence-electron chi connectivity index (χ1n) is 10.5. The summed E-state index contributed by atoms with van der Waals surface area (Å²) >= 11 is 0. The van der Waals surface area contributed by atoms with Crippen LogP contribution in [0.3, 0.4) is 0 Å². The molecule has 2 amide bonds. The molecular formula is C22H28FN3O4S. The highest BCUT2D eigenvalue weighted by molar-refractivity contribution is 7.91.